The van der Waals surface area contributed by atoms with Gasteiger partial charge < -0.3 is 4.90 Å². The van der Waals surface area contributed by atoms with Crippen LogP contribution in [0.3, 0.4) is 0 Å². The smallest absolute Gasteiger partial charge is 0.263 e. The van der Waals surface area contributed by atoms with Gasteiger partial charge in [0.25, 0.3) is 10.0 Å². The number of likely N-dealkylation sites (N-methyl/N-ethyl adjacent to an activating group) is 1. The van der Waals surface area contributed by atoms with Crippen LogP contribution in [0.2, 0.25) is 0 Å². The van der Waals surface area contributed by atoms with Gasteiger partial charge in [0.05, 0.1) is 10.9 Å². The molecule has 1 N–H and O–H groups in total. The highest BCUT2D eigenvalue weighted by atomic mass is 32.2. The van der Waals surface area contributed by atoms with Crippen LogP contribution in [0.5, 0.6) is 0 Å². The van der Waals surface area contributed by atoms with Crippen molar-refractivity contribution in [2.24, 2.45) is 4.99 Å². The largest absolute Gasteiger partial charge is 0.307 e. The summed E-state index contributed by atoms with van der Waals surface area (Å²) in [6.45, 7) is 2.73. The fraction of sp³-hybridized carbons (Fsp3) is 0.417. The predicted molar refractivity (Wildman–Crippen MR) is 71.3 cm³/mol. The first kappa shape index (κ1) is 13.0. The Labute approximate surface area is 108 Å². The Kier molecular flexibility index (Phi) is 3.41. The third-order valence-corrected chi connectivity index (χ3v) is 4.04. The number of nitrogens with one attached hydrogen (secondary N) is 1. The summed E-state index contributed by atoms with van der Waals surface area (Å²) >= 11 is 0. The highest BCUT2D eigenvalue weighted by molar-refractivity contribution is 7.90. The zero-order chi connectivity index (χ0) is 13.3. The summed E-state index contributed by atoms with van der Waals surface area (Å²) in [4.78, 5) is 6.76. The molecular weight excluding hydrogens is 250 g/mol. The van der Waals surface area contributed by atoms with E-state index in [2.05, 4.69) is 9.71 Å². The van der Waals surface area contributed by atoms with Gasteiger partial charge in [-0.2, -0.15) is 0 Å². The maximum Gasteiger partial charge on any atom is 0.263 e. The molecule has 0 radical (unpaired) electrons. The number of benzene rings is 1. The minimum atomic E-state index is -3.42. The van der Waals surface area contributed by atoms with Gasteiger partial charge in [0.2, 0.25) is 0 Å². The summed E-state index contributed by atoms with van der Waals surface area (Å²) in [5.41, 5.74) is 0.656. The minimum absolute atomic E-state index is 0.0313. The van der Waals surface area contributed by atoms with E-state index in [1.54, 1.807) is 18.2 Å². The molecule has 0 saturated heterocycles. The van der Waals surface area contributed by atoms with Gasteiger partial charge in [-0.3, -0.25) is 9.71 Å². The van der Waals surface area contributed by atoms with Gasteiger partial charge in [-0.25, -0.2) is 8.42 Å². The van der Waals surface area contributed by atoms with E-state index in [1.165, 1.54) is 0 Å². The number of sulfonamides is 1. The van der Waals surface area contributed by atoms with Crippen LogP contribution >= 0.6 is 0 Å². The molecule has 1 heterocycles. The average Bonchev–Trinajstić information content (AvgIpc) is 2.50. The van der Waals surface area contributed by atoms with Crippen molar-refractivity contribution in [3.05, 3.63) is 29.8 Å². The zero-order valence-electron chi connectivity index (χ0n) is 10.7. The summed E-state index contributed by atoms with van der Waals surface area (Å²) in [5, 5.41) is 0. The lowest BCUT2D eigenvalue weighted by molar-refractivity contribution is 0.383. The van der Waals surface area contributed by atoms with E-state index in [4.69, 9.17) is 0 Å². The molecule has 0 fully saturated rings. The first-order valence-electron chi connectivity index (χ1n) is 5.75. The fourth-order valence-corrected chi connectivity index (χ4v) is 3.26. The molecule has 0 spiro atoms. The number of aliphatic imine (C=N–C) groups is 1. The van der Waals surface area contributed by atoms with Crippen molar-refractivity contribution in [1.82, 2.24) is 9.62 Å². The Bertz CT molecular complexity index is 579. The van der Waals surface area contributed by atoms with Crippen LogP contribution in [-0.2, 0) is 10.0 Å². The van der Waals surface area contributed by atoms with Crippen LogP contribution < -0.4 is 4.72 Å². The molecule has 0 aliphatic carbocycles. The molecule has 1 aromatic carbocycles. The van der Waals surface area contributed by atoms with Crippen LogP contribution in [0.1, 0.15) is 12.5 Å². The summed E-state index contributed by atoms with van der Waals surface area (Å²) in [7, 11) is 0.500. The van der Waals surface area contributed by atoms with Gasteiger partial charge in [-0.05, 0) is 33.2 Å². The van der Waals surface area contributed by atoms with Gasteiger partial charge in [0.1, 0.15) is 5.84 Å². The Morgan fingerprint density at radius 3 is 2.67 bits per heavy atom. The van der Waals surface area contributed by atoms with Gasteiger partial charge >= 0.3 is 0 Å². The molecule has 0 bridgehead atoms. The first-order valence-corrected chi connectivity index (χ1v) is 7.23. The van der Waals surface area contributed by atoms with E-state index in [-0.39, 0.29) is 6.04 Å². The molecule has 0 aromatic heterocycles. The quantitative estimate of drug-likeness (QED) is 0.876. The van der Waals surface area contributed by atoms with Crippen LogP contribution in [-0.4, -0.2) is 45.8 Å². The van der Waals surface area contributed by atoms with E-state index in [9.17, 15) is 8.42 Å². The van der Waals surface area contributed by atoms with E-state index in [1.807, 2.05) is 32.0 Å². The van der Waals surface area contributed by atoms with Crippen molar-refractivity contribution in [3.63, 3.8) is 0 Å². The topological polar surface area (TPSA) is 61.8 Å². The van der Waals surface area contributed by atoms with Crippen molar-refractivity contribution in [2.45, 2.75) is 17.9 Å². The molecule has 5 nitrogen and oxygen atoms in total. The van der Waals surface area contributed by atoms with Gasteiger partial charge in [0.15, 0.2) is 0 Å². The summed E-state index contributed by atoms with van der Waals surface area (Å²) < 4.78 is 26.2. The zero-order valence-corrected chi connectivity index (χ0v) is 11.5. The van der Waals surface area contributed by atoms with Crippen LogP contribution in [0.15, 0.2) is 34.2 Å². The molecular formula is C12H17N3O2S. The maximum atomic E-state index is 11.9. The lowest BCUT2D eigenvalue weighted by atomic mass is 10.2. The lowest BCUT2D eigenvalue weighted by Gasteiger charge is -2.13. The molecule has 1 aliphatic heterocycles. The molecule has 18 heavy (non-hydrogen) atoms. The molecule has 1 atom stereocenters. The summed E-state index contributed by atoms with van der Waals surface area (Å²) in [5.74, 6) is 0.444. The molecule has 0 saturated carbocycles. The molecule has 0 amide bonds. The van der Waals surface area contributed by atoms with Crippen molar-refractivity contribution in [3.8, 4) is 0 Å². The van der Waals surface area contributed by atoms with E-state index in [0.29, 0.717) is 16.3 Å². The number of amidine groups is 1. The molecule has 1 aliphatic rings. The number of rotatable bonds is 3. The minimum Gasteiger partial charge on any atom is -0.307 e. The Balaban J connectivity index is 2.36. The molecule has 1 unspecified atom stereocenters. The van der Waals surface area contributed by atoms with Crippen molar-refractivity contribution >= 4 is 15.9 Å². The third kappa shape index (κ3) is 2.54. The second-order valence-corrected chi connectivity index (χ2v) is 6.34. The number of hydrogen-bond acceptors (Lipinski definition) is 4. The number of hydrogen-bond donors (Lipinski definition) is 1. The normalized spacial score (nSPS) is 20.8. The number of nitrogens with zero attached hydrogens (tertiary/aromatic N) is 2. The second kappa shape index (κ2) is 4.70. The SMILES string of the molecule is CC(CN(C)C)N=C1NS(=O)(=O)c2ccccc21. The van der Waals surface area contributed by atoms with E-state index in [0.717, 1.165) is 6.54 Å². The van der Waals surface area contributed by atoms with Gasteiger partial charge in [-0.15, -0.1) is 0 Å². The molecule has 6 heteroatoms. The standard InChI is InChI=1S/C12H17N3O2S/c1-9(8-15(2)3)13-12-10-6-4-5-7-11(10)18(16,17)14-12/h4-7,9H,8H2,1-3H3,(H,13,14). The Morgan fingerprint density at radius 2 is 2.00 bits per heavy atom. The van der Waals surface area contributed by atoms with Crippen molar-refractivity contribution in [2.75, 3.05) is 20.6 Å². The van der Waals surface area contributed by atoms with Crippen molar-refractivity contribution in [1.29, 1.82) is 0 Å². The maximum absolute atomic E-state index is 11.9. The van der Waals surface area contributed by atoms with E-state index >= 15 is 0 Å². The highest BCUT2D eigenvalue weighted by Crippen LogP contribution is 2.22. The Hall–Kier alpha value is -1.40. The third-order valence-electron chi connectivity index (χ3n) is 2.64. The van der Waals surface area contributed by atoms with Crippen LogP contribution in [0.4, 0.5) is 0 Å². The van der Waals surface area contributed by atoms with Crippen molar-refractivity contribution < 1.29 is 8.42 Å². The number of fused-ring (bicyclic) bond motifs is 1. The lowest BCUT2D eigenvalue weighted by Crippen LogP contribution is -2.27. The predicted octanol–water partition coefficient (Wildman–Crippen LogP) is 0.675. The fourth-order valence-electron chi connectivity index (χ4n) is 2.02. The van der Waals surface area contributed by atoms with Gasteiger partial charge in [0, 0.05) is 12.1 Å². The molecule has 2 rings (SSSR count). The van der Waals surface area contributed by atoms with E-state index < -0.39 is 10.0 Å². The molecule has 1 aromatic rings. The monoisotopic (exact) mass is 267 g/mol. The second-order valence-electron chi connectivity index (χ2n) is 4.69. The summed E-state index contributed by atoms with van der Waals surface area (Å²) in [6, 6.07) is 6.92. The first-order chi connectivity index (χ1) is 8.40. The van der Waals surface area contributed by atoms with Crippen LogP contribution in [0.25, 0.3) is 0 Å². The summed E-state index contributed by atoms with van der Waals surface area (Å²) in [6.07, 6.45) is 0. The van der Waals surface area contributed by atoms with Gasteiger partial charge in [-0.1, -0.05) is 12.1 Å². The van der Waals surface area contributed by atoms with Crippen LogP contribution in [0, 0.1) is 0 Å². The Morgan fingerprint density at radius 1 is 1.33 bits per heavy atom. The highest BCUT2D eigenvalue weighted by Gasteiger charge is 2.30. The molecule has 98 valence electrons. The average molecular weight is 267 g/mol.